The first kappa shape index (κ1) is 11.3. The van der Waals surface area contributed by atoms with E-state index in [9.17, 15) is 14.9 Å². The third-order valence-electron chi connectivity index (χ3n) is 2.57. The van der Waals surface area contributed by atoms with E-state index in [1.54, 1.807) is 7.05 Å². The maximum absolute atomic E-state index is 11.6. The van der Waals surface area contributed by atoms with E-state index in [1.807, 2.05) is 0 Å². The van der Waals surface area contributed by atoms with Gasteiger partial charge < -0.3 is 19.8 Å². The lowest BCUT2D eigenvalue weighted by Gasteiger charge is -2.12. The highest BCUT2D eigenvalue weighted by molar-refractivity contribution is 5.83. The number of pyridine rings is 1. The molecule has 1 fully saturated rings. The van der Waals surface area contributed by atoms with Crippen LogP contribution in [0.3, 0.4) is 0 Å². The second-order valence-corrected chi connectivity index (χ2v) is 3.74. The van der Waals surface area contributed by atoms with Crippen molar-refractivity contribution in [2.75, 3.05) is 13.6 Å². The standard InChI is InChI=1S/C10H11N3O4/c1-12-6-4-8(10(12)14)17-7-3-2-5-11-9(7)13(15)16/h2-3,5,8H,4,6H2,1H3. The first-order valence-corrected chi connectivity index (χ1v) is 5.10. The van der Waals surface area contributed by atoms with Crippen LogP contribution in [0.4, 0.5) is 5.82 Å². The summed E-state index contributed by atoms with van der Waals surface area (Å²) in [6.45, 7) is 0.595. The number of aromatic nitrogens is 1. The Balaban J connectivity index is 2.19. The van der Waals surface area contributed by atoms with Crippen LogP contribution in [-0.2, 0) is 4.79 Å². The average molecular weight is 237 g/mol. The summed E-state index contributed by atoms with van der Waals surface area (Å²) in [5, 5.41) is 10.7. The van der Waals surface area contributed by atoms with Crippen molar-refractivity contribution in [3.63, 3.8) is 0 Å². The van der Waals surface area contributed by atoms with E-state index in [0.29, 0.717) is 13.0 Å². The van der Waals surface area contributed by atoms with Gasteiger partial charge in [0.1, 0.15) is 6.20 Å². The first-order chi connectivity index (χ1) is 8.09. The third kappa shape index (κ3) is 2.17. The third-order valence-corrected chi connectivity index (χ3v) is 2.57. The predicted molar refractivity (Wildman–Crippen MR) is 57.6 cm³/mol. The molecule has 17 heavy (non-hydrogen) atoms. The Bertz CT molecular complexity index is 463. The van der Waals surface area contributed by atoms with Gasteiger partial charge in [-0.1, -0.05) is 0 Å². The van der Waals surface area contributed by atoms with Gasteiger partial charge in [0.25, 0.3) is 5.91 Å². The number of carbonyl (C=O) groups is 1. The van der Waals surface area contributed by atoms with E-state index in [-0.39, 0.29) is 17.5 Å². The highest BCUT2D eigenvalue weighted by Gasteiger charge is 2.32. The molecule has 7 nitrogen and oxygen atoms in total. The van der Waals surface area contributed by atoms with Crippen LogP contribution >= 0.6 is 0 Å². The van der Waals surface area contributed by atoms with Crippen LogP contribution in [0.25, 0.3) is 0 Å². The van der Waals surface area contributed by atoms with Gasteiger partial charge in [-0.15, -0.1) is 0 Å². The van der Waals surface area contributed by atoms with Crippen LogP contribution in [0.15, 0.2) is 18.3 Å². The fraction of sp³-hybridized carbons (Fsp3) is 0.400. The zero-order chi connectivity index (χ0) is 12.4. The lowest BCUT2D eigenvalue weighted by molar-refractivity contribution is -0.390. The van der Waals surface area contributed by atoms with Gasteiger partial charge in [0, 0.05) is 20.0 Å². The molecule has 7 heteroatoms. The first-order valence-electron chi connectivity index (χ1n) is 5.10. The molecule has 0 radical (unpaired) electrons. The Labute approximate surface area is 97.2 Å². The van der Waals surface area contributed by atoms with Gasteiger partial charge in [-0.3, -0.25) is 4.79 Å². The van der Waals surface area contributed by atoms with Crippen molar-refractivity contribution in [1.82, 2.24) is 9.88 Å². The second kappa shape index (κ2) is 4.36. The zero-order valence-corrected chi connectivity index (χ0v) is 9.20. The fourth-order valence-electron chi connectivity index (χ4n) is 1.66. The highest BCUT2D eigenvalue weighted by atomic mass is 16.6. The summed E-state index contributed by atoms with van der Waals surface area (Å²) in [6, 6.07) is 2.97. The van der Waals surface area contributed by atoms with Crippen molar-refractivity contribution in [3.05, 3.63) is 28.4 Å². The van der Waals surface area contributed by atoms with Crippen molar-refractivity contribution < 1.29 is 14.5 Å². The van der Waals surface area contributed by atoms with Gasteiger partial charge in [0.15, 0.2) is 6.10 Å². The van der Waals surface area contributed by atoms with Crippen molar-refractivity contribution in [3.8, 4) is 5.75 Å². The summed E-state index contributed by atoms with van der Waals surface area (Å²) >= 11 is 0. The molecule has 1 aromatic heterocycles. The molecule has 1 amide bonds. The Morgan fingerprint density at radius 3 is 3.00 bits per heavy atom. The van der Waals surface area contributed by atoms with Crippen LogP contribution in [0.1, 0.15) is 6.42 Å². The van der Waals surface area contributed by atoms with E-state index >= 15 is 0 Å². The molecule has 0 N–H and O–H groups in total. The topological polar surface area (TPSA) is 85.6 Å². The molecule has 0 spiro atoms. The fourth-order valence-corrected chi connectivity index (χ4v) is 1.66. The minimum Gasteiger partial charge on any atom is -0.472 e. The van der Waals surface area contributed by atoms with Crippen LogP contribution in [0.5, 0.6) is 5.75 Å². The highest BCUT2D eigenvalue weighted by Crippen LogP contribution is 2.26. The molecular formula is C10H11N3O4. The molecule has 1 unspecified atom stereocenters. The number of likely N-dealkylation sites (tertiary alicyclic amines) is 1. The maximum Gasteiger partial charge on any atom is 0.406 e. The van der Waals surface area contributed by atoms with E-state index in [1.165, 1.54) is 23.2 Å². The SMILES string of the molecule is CN1CCC(Oc2cccnc2[N+](=O)[O-])C1=O. The Morgan fingerprint density at radius 2 is 2.41 bits per heavy atom. The Kier molecular flexibility index (Phi) is 2.90. The minimum absolute atomic E-state index is 0.0335. The number of nitrogens with zero attached hydrogens (tertiary/aromatic N) is 3. The van der Waals surface area contributed by atoms with Crippen molar-refractivity contribution in [2.45, 2.75) is 12.5 Å². The van der Waals surface area contributed by atoms with Gasteiger partial charge >= 0.3 is 5.82 Å². The summed E-state index contributed by atoms with van der Waals surface area (Å²) in [6.07, 6.45) is 1.19. The second-order valence-electron chi connectivity index (χ2n) is 3.74. The zero-order valence-electron chi connectivity index (χ0n) is 9.20. The normalized spacial score (nSPS) is 19.5. The molecule has 0 bridgehead atoms. The molecule has 1 saturated heterocycles. The Morgan fingerprint density at radius 1 is 1.65 bits per heavy atom. The molecular weight excluding hydrogens is 226 g/mol. The number of rotatable bonds is 3. The number of carbonyl (C=O) groups excluding carboxylic acids is 1. The average Bonchev–Trinajstić information content (AvgIpc) is 2.61. The molecule has 0 aromatic carbocycles. The molecule has 90 valence electrons. The minimum atomic E-state index is -0.650. The molecule has 1 aromatic rings. The largest absolute Gasteiger partial charge is 0.472 e. The lowest BCUT2D eigenvalue weighted by Crippen LogP contribution is -2.29. The predicted octanol–water partition coefficient (Wildman–Crippen LogP) is 0.599. The number of amides is 1. The van der Waals surface area contributed by atoms with Crippen LogP contribution in [-0.4, -0.2) is 40.4 Å². The van der Waals surface area contributed by atoms with Crippen molar-refractivity contribution in [2.24, 2.45) is 0 Å². The summed E-state index contributed by atoms with van der Waals surface area (Å²) in [5.74, 6) is -0.496. The molecule has 1 aliphatic heterocycles. The van der Waals surface area contributed by atoms with Crippen molar-refractivity contribution >= 4 is 11.7 Å². The van der Waals surface area contributed by atoms with Gasteiger partial charge in [-0.05, 0) is 22.0 Å². The number of likely N-dealkylation sites (N-methyl/N-ethyl adjacent to an activating group) is 1. The molecule has 1 atom stereocenters. The number of ether oxygens (including phenoxy) is 1. The number of nitro groups is 1. The van der Waals surface area contributed by atoms with E-state index in [4.69, 9.17) is 4.74 Å². The maximum atomic E-state index is 11.6. The van der Waals surface area contributed by atoms with E-state index in [0.717, 1.165) is 0 Å². The summed E-state index contributed by atoms with van der Waals surface area (Å²) in [4.78, 5) is 26.8. The van der Waals surface area contributed by atoms with Crippen molar-refractivity contribution in [1.29, 1.82) is 0 Å². The van der Waals surface area contributed by atoms with E-state index < -0.39 is 11.0 Å². The van der Waals surface area contributed by atoms with Gasteiger partial charge in [0.2, 0.25) is 5.75 Å². The molecule has 0 saturated carbocycles. The van der Waals surface area contributed by atoms with Crippen LogP contribution in [0.2, 0.25) is 0 Å². The van der Waals surface area contributed by atoms with Crippen LogP contribution < -0.4 is 4.74 Å². The number of hydrogen-bond donors (Lipinski definition) is 0. The lowest BCUT2D eigenvalue weighted by atomic mass is 10.3. The summed E-state index contributed by atoms with van der Waals surface area (Å²) < 4.78 is 5.36. The van der Waals surface area contributed by atoms with Gasteiger partial charge in [-0.2, -0.15) is 0 Å². The van der Waals surface area contributed by atoms with Gasteiger partial charge in [0.05, 0.1) is 0 Å². The molecule has 2 heterocycles. The smallest absolute Gasteiger partial charge is 0.406 e. The van der Waals surface area contributed by atoms with Gasteiger partial charge in [-0.25, -0.2) is 0 Å². The Hall–Kier alpha value is -2.18. The molecule has 2 rings (SSSR count). The molecule has 0 aliphatic carbocycles. The summed E-state index contributed by atoms with van der Waals surface area (Å²) in [7, 11) is 1.67. The quantitative estimate of drug-likeness (QED) is 0.567. The monoisotopic (exact) mass is 237 g/mol. The molecule has 1 aliphatic rings. The van der Waals surface area contributed by atoms with Crippen LogP contribution in [0, 0.1) is 10.1 Å². The van der Waals surface area contributed by atoms with E-state index in [2.05, 4.69) is 4.98 Å². The number of hydrogen-bond acceptors (Lipinski definition) is 5. The summed E-state index contributed by atoms with van der Waals surface area (Å²) in [5.41, 5.74) is 0.